The fourth-order valence-corrected chi connectivity index (χ4v) is 5.43. The van der Waals surface area contributed by atoms with Gasteiger partial charge in [0.2, 0.25) is 0 Å². The Kier molecular flexibility index (Phi) is 4.93. The summed E-state index contributed by atoms with van der Waals surface area (Å²) in [7, 11) is -2.49. The molecule has 6 nitrogen and oxygen atoms in total. The fourth-order valence-electron chi connectivity index (χ4n) is 2.64. The van der Waals surface area contributed by atoms with Gasteiger partial charge in [-0.3, -0.25) is 0 Å². The molecule has 0 unspecified atom stereocenters. The summed E-state index contributed by atoms with van der Waals surface area (Å²) in [5, 5.41) is 0. The minimum atomic E-state index is -3.71. The smallest absolute Gasteiger partial charge is 0.358 e. The molecular formula is C14H22N2O4S2. The van der Waals surface area contributed by atoms with Gasteiger partial charge in [0.05, 0.1) is 12.6 Å². The molecule has 1 aliphatic heterocycles. The summed E-state index contributed by atoms with van der Waals surface area (Å²) in [5.41, 5.74) is 1.29. The van der Waals surface area contributed by atoms with Gasteiger partial charge in [0.15, 0.2) is 9.90 Å². The zero-order valence-corrected chi connectivity index (χ0v) is 15.0. The Balaban J connectivity index is 2.31. The van der Waals surface area contributed by atoms with E-state index in [1.165, 1.54) is 16.9 Å². The van der Waals surface area contributed by atoms with Crippen LogP contribution in [0.15, 0.2) is 9.72 Å². The van der Waals surface area contributed by atoms with Gasteiger partial charge in [0.25, 0.3) is 10.0 Å². The van der Waals surface area contributed by atoms with Crippen molar-refractivity contribution in [2.45, 2.75) is 37.8 Å². The minimum Gasteiger partial charge on any atom is -0.464 e. The average Bonchev–Trinajstić information content (AvgIpc) is 2.96. The van der Waals surface area contributed by atoms with Gasteiger partial charge in [-0.25, -0.2) is 18.2 Å². The lowest BCUT2D eigenvalue weighted by atomic mass is 9.77. The van der Waals surface area contributed by atoms with E-state index < -0.39 is 16.0 Å². The Bertz CT molecular complexity index is 646. The van der Waals surface area contributed by atoms with Crippen LogP contribution in [0.4, 0.5) is 0 Å². The molecule has 1 saturated heterocycles. The number of ether oxygens (including phenoxy) is 1. The molecule has 22 heavy (non-hydrogen) atoms. The van der Waals surface area contributed by atoms with Crippen molar-refractivity contribution in [1.82, 2.24) is 9.29 Å². The molecule has 0 N–H and O–H groups in total. The monoisotopic (exact) mass is 346 g/mol. The third-order valence-corrected chi connectivity index (χ3v) is 7.31. The number of nitrogens with zero attached hydrogens (tertiary/aromatic N) is 2. The number of methoxy groups -OCH3 is 1. The van der Waals surface area contributed by atoms with Crippen molar-refractivity contribution in [3.8, 4) is 0 Å². The normalized spacial score (nSPS) is 20.8. The van der Waals surface area contributed by atoms with E-state index in [9.17, 15) is 13.2 Å². The summed E-state index contributed by atoms with van der Waals surface area (Å²) in [5.74, 6) is -0.422. The number of hydrogen-bond acceptors (Lipinski definition) is 6. The fraction of sp³-hybridized carbons (Fsp3) is 0.714. The molecule has 1 aromatic heterocycles. The molecule has 0 bridgehead atoms. The highest BCUT2D eigenvalue weighted by Gasteiger charge is 2.38. The number of esters is 1. The lowest BCUT2D eigenvalue weighted by Crippen LogP contribution is -2.43. The van der Waals surface area contributed by atoms with Crippen LogP contribution in [0.5, 0.6) is 0 Å². The summed E-state index contributed by atoms with van der Waals surface area (Å²) < 4.78 is 31.8. The summed E-state index contributed by atoms with van der Waals surface area (Å²) in [6, 6.07) is 0. The third-order valence-electron chi connectivity index (χ3n) is 4.10. The van der Waals surface area contributed by atoms with E-state index in [2.05, 4.69) is 30.5 Å². The van der Waals surface area contributed by atoms with Crippen molar-refractivity contribution in [3.05, 3.63) is 11.2 Å². The summed E-state index contributed by atoms with van der Waals surface area (Å²) in [4.78, 5) is 15.5. The van der Waals surface area contributed by atoms with E-state index in [0.29, 0.717) is 19.0 Å². The van der Waals surface area contributed by atoms with Crippen LogP contribution in [0.3, 0.4) is 0 Å². The molecule has 1 aromatic rings. The topological polar surface area (TPSA) is 76.6 Å². The van der Waals surface area contributed by atoms with Crippen LogP contribution in [-0.4, -0.2) is 43.9 Å². The number of sulfonamides is 1. The van der Waals surface area contributed by atoms with Crippen molar-refractivity contribution in [1.29, 1.82) is 0 Å². The second kappa shape index (κ2) is 6.25. The van der Waals surface area contributed by atoms with Crippen LogP contribution >= 0.6 is 11.3 Å². The molecule has 1 aliphatic rings. The Labute approximate surface area is 135 Å². The standard InChI is InChI=1S/C14H22N2O4S2/c1-14(2,3)10-6-5-7-16(8-10)22(18,19)13-11(12(17)20-4)15-9-21-13/h9-10H,5-8H2,1-4H3/t10-/m1/s1. The highest BCUT2D eigenvalue weighted by molar-refractivity contribution is 7.91. The van der Waals surface area contributed by atoms with Crippen LogP contribution in [-0.2, 0) is 14.8 Å². The second-order valence-corrected chi connectivity index (χ2v) is 9.54. The van der Waals surface area contributed by atoms with Crippen molar-refractivity contribution in [2.75, 3.05) is 20.2 Å². The van der Waals surface area contributed by atoms with Crippen LogP contribution in [0.2, 0.25) is 0 Å². The van der Waals surface area contributed by atoms with Crippen LogP contribution in [0.25, 0.3) is 0 Å². The van der Waals surface area contributed by atoms with Crippen LogP contribution < -0.4 is 0 Å². The zero-order chi connectivity index (χ0) is 16.5. The van der Waals surface area contributed by atoms with Gasteiger partial charge in [-0.2, -0.15) is 4.31 Å². The molecule has 0 radical (unpaired) electrons. The molecule has 0 saturated carbocycles. The first-order valence-corrected chi connectivity index (χ1v) is 9.52. The van der Waals surface area contributed by atoms with Gasteiger partial charge in [-0.15, -0.1) is 11.3 Å². The largest absolute Gasteiger partial charge is 0.464 e. The van der Waals surface area contributed by atoms with Gasteiger partial charge in [-0.05, 0) is 24.2 Å². The van der Waals surface area contributed by atoms with Crippen molar-refractivity contribution >= 4 is 27.3 Å². The molecule has 1 atom stereocenters. The van der Waals surface area contributed by atoms with Gasteiger partial charge < -0.3 is 4.74 Å². The van der Waals surface area contributed by atoms with E-state index in [0.717, 1.165) is 24.2 Å². The molecule has 8 heteroatoms. The van der Waals surface area contributed by atoms with Gasteiger partial charge in [0, 0.05) is 13.1 Å². The van der Waals surface area contributed by atoms with Crippen molar-refractivity contribution in [3.63, 3.8) is 0 Å². The zero-order valence-electron chi connectivity index (χ0n) is 13.3. The predicted octanol–water partition coefficient (Wildman–Crippen LogP) is 2.38. The molecule has 124 valence electrons. The number of thiazole rings is 1. The molecule has 0 amide bonds. The first-order valence-electron chi connectivity index (χ1n) is 7.20. The Morgan fingerprint density at radius 3 is 2.73 bits per heavy atom. The number of hydrogen-bond donors (Lipinski definition) is 0. The van der Waals surface area contributed by atoms with Crippen LogP contribution in [0, 0.1) is 11.3 Å². The van der Waals surface area contributed by atoms with E-state index in [4.69, 9.17) is 0 Å². The van der Waals surface area contributed by atoms with Gasteiger partial charge >= 0.3 is 5.97 Å². The maximum Gasteiger partial charge on any atom is 0.358 e. The van der Waals surface area contributed by atoms with Crippen LogP contribution in [0.1, 0.15) is 44.1 Å². The number of carbonyl (C=O) groups excluding carboxylic acids is 1. The molecule has 0 aromatic carbocycles. The summed E-state index contributed by atoms with van der Waals surface area (Å²) >= 11 is 0.961. The molecule has 2 rings (SSSR count). The molecule has 0 aliphatic carbocycles. The Morgan fingerprint density at radius 1 is 1.45 bits per heavy atom. The number of carbonyl (C=O) groups is 1. The number of piperidine rings is 1. The first kappa shape index (κ1) is 17.4. The van der Waals surface area contributed by atoms with E-state index in [-0.39, 0.29) is 15.3 Å². The second-order valence-electron chi connectivity index (χ2n) is 6.55. The van der Waals surface area contributed by atoms with E-state index in [1.54, 1.807) is 0 Å². The predicted molar refractivity (Wildman–Crippen MR) is 84.4 cm³/mol. The Morgan fingerprint density at radius 2 is 2.14 bits per heavy atom. The lowest BCUT2D eigenvalue weighted by Gasteiger charge is -2.38. The molecule has 2 heterocycles. The minimum absolute atomic E-state index is 0.0195. The van der Waals surface area contributed by atoms with Crippen molar-refractivity contribution in [2.24, 2.45) is 11.3 Å². The SMILES string of the molecule is COC(=O)c1ncsc1S(=O)(=O)N1CCC[C@@H](C(C)(C)C)C1. The van der Waals surface area contributed by atoms with Gasteiger partial charge in [-0.1, -0.05) is 20.8 Å². The molecule has 1 fully saturated rings. The molecule has 0 spiro atoms. The van der Waals surface area contributed by atoms with E-state index >= 15 is 0 Å². The highest BCUT2D eigenvalue weighted by atomic mass is 32.2. The quantitative estimate of drug-likeness (QED) is 0.785. The lowest BCUT2D eigenvalue weighted by molar-refractivity contribution is 0.0590. The summed E-state index contributed by atoms with van der Waals surface area (Å²) in [6.45, 7) is 7.33. The van der Waals surface area contributed by atoms with Gasteiger partial charge in [0.1, 0.15) is 0 Å². The maximum absolute atomic E-state index is 12.9. The highest BCUT2D eigenvalue weighted by Crippen LogP contribution is 2.36. The number of rotatable bonds is 3. The Hall–Kier alpha value is -0.990. The molecular weight excluding hydrogens is 324 g/mol. The number of aromatic nitrogens is 1. The first-order chi connectivity index (χ1) is 10.2. The third kappa shape index (κ3) is 3.33. The van der Waals surface area contributed by atoms with E-state index in [1.807, 2.05) is 0 Å². The maximum atomic E-state index is 12.9. The average molecular weight is 346 g/mol. The van der Waals surface area contributed by atoms with Crippen molar-refractivity contribution < 1.29 is 17.9 Å². The summed E-state index contributed by atoms with van der Waals surface area (Å²) in [6.07, 6.45) is 1.84.